The van der Waals surface area contributed by atoms with Crippen LogP contribution in [-0.4, -0.2) is 35.8 Å². The van der Waals surface area contributed by atoms with E-state index in [9.17, 15) is 9.59 Å². The molecule has 0 aliphatic carbocycles. The van der Waals surface area contributed by atoms with E-state index in [-0.39, 0.29) is 23.8 Å². The van der Waals surface area contributed by atoms with Crippen molar-refractivity contribution in [2.24, 2.45) is 5.92 Å². The summed E-state index contributed by atoms with van der Waals surface area (Å²) in [7, 11) is 0. The first-order valence-corrected chi connectivity index (χ1v) is 9.97. The van der Waals surface area contributed by atoms with Crippen LogP contribution in [0.1, 0.15) is 30.9 Å². The van der Waals surface area contributed by atoms with Gasteiger partial charge in [-0.25, -0.2) is 0 Å². The quantitative estimate of drug-likeness (QED) is 0.809. The lowest BCUT2D eigenvalue weighted by Gasteiger charge is -2.35. The van der Waals surface area contributed by atoms with Gasteiger partial charge in [-0.2, -0.15) is 0 Å². The zero-order valence-corrected chi connectivity index (χ0v) is 16.7. The van der Waals surface area contributed by atoms with Crippen LogP contribution >= 0.6 is 0 Å². The molecule has 2 N–H and O–H groups in total. The predicted molar refractivity (Wildman–Crippen MR) is 112 cm³/mol. The number of carbonyl (C=O) groups excluding carboxylic acids is 2. The average molecular weight is 380 g/mol. The maximum Gasteiger partial charge on any atom is 0.237 e. The summed E-state index contributed by atoms with van der Waals surface area (Å²) >= 11 is 0. The summed E-state index contributed by atoms with van der Waals surface area (Å²) in [5, 5.41) is 6.03. The van der Waals surface area contributed by atoms with Crippen LogP contribution in [0.25, 0.3) is 0 Å². The number of nitrogens with zero attached hydrogens (tertiary/aromatic N) is 1. The highest BCUT2D eigenvalue weighted by atomic mass is 16.2. The van der Waals surface area contributed by atoms with E-state index >= 15 is 0 Å². The van der Waals surface area contributed by atoms with Crippen LogP contribution in [0.2, 0.25) is 0 Å². The van der Waals surface area contributed by atoms with Gasteiger partial charge < -0.3 is 10.6 Å². The lowest BCUT2D eigenvalue weighted by atomic mass is 9.95. The van der Waals surface area contributed by atoms with Gasteiger partial charge in [0.25, 0.3) is 0 Å². The fourth-order valence-electron chi connectivity index (χ4n) is 3.64. The van der Waals surface area contributed by atoms with E-state index in [1.165, 1.54) is 5.56 Å². The number of aryl methyl sites for hydroxylation is 1. The van der Waals surface area contributed by atoms with Crippen molar-refractivity contribution in [1.29, 1.82) is 0 Å². The molecule has 0 spiro atoms. The Balaban J connectivity index is 1.53. The smallest absolute Gasteiger partial charge is 0.237 e. The van der Waals surface area contributed by atoms with Crippen LogP contribution in [-0.2, 0) is 16.1 Å². The molecule has 1 heterocycles. The highest BCUT2D eigenvalue weighted by Gasteiger charge is 2.30. The topological polar surface area (TPSA) is 61.4 Å². The second kappa shape index (κ2) is 9.51. The summed E-state index contributed by atoms with van der Waals surface area (Å²) in [4.78, 5) is 27.4. The maximum absolute atomic E-state index is 12.6. The zero-order valence-electron chi connectivity index (χ0n) is 16.7. The fourth-order valence-corrected chi connectivity index (χ4v) is 3.64. The molecule has 1 aliphatic rings. The van der Waals surface area contributed by atoms with Crippen molar-refractivity contribution < 1.29 is 9.59 Å². The minimum absolute atomic E-state index is 0.00682. The third-order valence-electron chi connectivity index (χ3n) is 5.51. The van der Waals surface area contributed by atoms with E-state index in [0.29, 0.717) is 13.1 Å². The molecule has 0 bridgehead atoms. The Morgan fingerprint density at radius 2 is 1.82 bits per heavy atom. The molecule has 28 heavy (non-hydrogen) atoms. The Labute approximate surface area is 167 Å². The maximum atomic E-state index is 12.6. The lowest BCUT2D eigenvalue weighted by Crippen LogP contribution is -2.50. The molecule has 2 unspecified atom stereocenters. The lowest BCUT2D eigenvalue weighted by molar-refractivity contribution is -0.129. The molecule has 2 atom stereocenters. The number of likely N-dealkylation sites (tertiary alicyclic amines) is 1. The van der Waals surface area contributed by atoms with Gasteiger partial charge in [-0.1, -0.05) is 42.5 Å². The molecule has 1 fully saturated rings. The molecule has 1 saturated heterocycles. The average Bonchev–Trinajstić information content (AvgIpc) is 2.73. The standard InChI is InChI=1S/C23H29N3O2/c1-17-9-6-7-10-19(17)15-24-22(27)18(2)26-14-8-11-20(16-26)23(28)25-21-12-4-3-5-13-21/h3-7,9-10,12-13,18,20H,8,11,14-16H2,1-2H3,(H,24,27)(H,25,28). The molecule has 3 rings (SSSR count). The normalized spacial score (nSPS) is 18.3. The molecule has 0 radical (unpaired) electrons. The summed E-state index contributed by atoms with van der Waals surface area (Å²) in [6.07, 6.45) is 1.77. The molecule has 2 aromatic rings. The number of hydrogen-bond acceptors (Lipinski definition) is 3. The molecule has 0 saturated carbocycles. The van der Waals surface area contributed by atoms with Crippen molar-refractivity contribution >= 4 is 17.5 Å². The second-order valence-electron chi connectivity index (χ2n) is 7.51. The van der Waals surface area contributed by atoms with Crippen LogP contribution in [0, 0.1) is 12.8 Å². The Hall–Kier alpha value is -2.66. The number of rotatable bonds is 6. The molecular weight excluding hydrogens is 350 g/mol. The Morgan fingerprint density at radius 3 is 2.57 bits per heavy atom. The first kappa shape index (κ1) is 20.1. The van der Waals surface area contributed by atoms with Crippen LogP contribution in [0.5, 0.6) is 0 Å². The number of nitrogens with one attached hydrogen (secondary N) is 2. The van der Waals surface area contributed by atoms with Crippen molar-refractivity contribution in [3.8, 4) is 0 Å². The number of hydrogen-bond donors (Lipinski definition) is 2. The van der Waals surface area contributed by atoms with Crippen molar-refractivity contribution in [3.05, 3.63) is 65.7 Å². The van der Waals surface area contributed by atoms with Crippen LogP contribution in [0.4, 0.5) is 5.69 Å². The monoisotopic (exact) mass is 379 g/mol. The van der Waals surface area contributed by atoms with E-state index in [0.717, 1.165) is 30.6 Å². The first-order valence-electron chi connectivity index (χ1n) is 9.97. The molecule has 5 nitrogen and oxygen atoms in total. The van der Waals surface area contributed by atoms with E-state index in [2.05, 4.69) is 15.5 Å². The number of carbonyl (C=O) groups is 2. The van der Waals surface area contributed by atoms with Crippen LogP contribution in [0.3, 0.4) is 0 Å². The van der Waals surface area contributed by atoms with E-state index < -0.39 is 0 Å². The van der Waals surface area contributed by atoms with Gasteiger partial charge >= 0.3 is 0 Å². The van der Waals surface area contributed by atoms with Crippen molar-refractivity contribution in [2.75, 3.05) is 18.4 Å². The van der Waals surface area contributed by atoms with Gasteiger partial charge in [0.15, 0.2) is 0 Å². The first-order chi connectivity index (χ1) is 13.5. The Morgan fingerprint density at radius 1 is 1.11 bits per heavy atom. The van der Waals surface area contributed by atoms with Gasteiger partial charge in [0.05, 0.1) is 12.0 Å². The third-order valence-corrected chi connectivity index (χ3v) is 5.51. The molecule has 0 aromatic heterocycles. The van der Waals surface area contributed by atoms with Crippen molar-refractivity contribution in [3.63, 3.8) is 0 Å². The number of piperidine rings is 1. The summed E-state index contributed by atoms with van der Waals surface area (Å²) < 4.78 is 0. The summed E-state index contributed by atoms with van der Waals surface area (Å²) in [5.74, 6) is -0.0589. The van der Waals surface area contributed by atoms with Gasteiger partial charge in [-0.05, 0) is 56.5 Å². The highest BCUT2D eigenvalue weighted by Crippen LogP contribution is 2.20. The number of anilines is 1. The number of para-hydroxylation sites is 1. The van der Waals surface area contributed by atoms with Gasteiger partial charge in [0.1, 0.15) is 0 Å². The SMILES string of the molecule is Cc1ccccc1CNC(=O)C(C)N1CCCC(C(=O)Nc2ccccc2)C1. The van der Waals surface area contributed by atoms with Gasteiger partial charge in [0.2, 0.25) is 11.8 Å². The van der Waals surface area contributed by atoms with E-state index in [4.69, 9.17) is 0 Å². The number of amides is 2. The zero-order chi connectivity index (χ0) is 19.9. The van der Waals surface area contributed by atoms with Crippen LogP contribution in [0.15, 0.2) is 54.6 Å². The van der Waals surface area contributed by atoms with Gasteiger partial charge in [0, 0.05) is 18.8 Å². The van der Waals surface area contributed by atoms with E-state index in [1.54, 1.807) is 0 Å². The summed E-state index contributed by atoms with van der Waals surface area (Å²) in [6.45, 7) is 5.95. The molecular formula is C23H29N3O2. The summed E-state index contributed by atoms with van der Waals surface area (Å²) in [5.41, 5.74) is 3.11. The van der Waals surface area contributed by atoms with Gasteiger partial charge in [-0.3, -0.25) is 14.5 Å². The molecule has 1 aliphatic heterocycles. The van der Waals surface area contributed by atoms with Crippen molar-refractivity contribution in [2.45, 2.75) is 39.3 Å². The minimum atomic E-state index is -0.253. The Bertz CT molecular complexity index is 807. The van der Waals surface area contributed by atoms with E-state index in [1.807, 2.05) is 68.4 Å². The molecule has 148 valence electrons. The minimum Gasteiger partial charge on any atom is -0.351 e. The molecule has 2 aromatic carbocycles. The van der Waals surface area contributed by atoms with Crippen LogP contribution < -0.4 is 10.6 Å². The number of benzene rings is 2. The third kappa shape index (κ3) is 5.20. The second-order valence-corrected chi connectivity index (χ2v) is 7.51. The van der Waals surface area contributed by atoms with Crippen molar-refractivity contribution in [1.82, 2.24) is 10.2 Å². The predicted octanol–water partition coefficient (Wildman–Crippen LogP) is 3.35. The molecule has 5 heteroatoms. The highest BCUT2D eigenvalue weighted by molar-refractivity contribution is 5.92. The summed E-state index contributed by atoms with van der Waals surface area (Å²) in [6, 6.07) is 17.3. The Kier molecular flexibility index (Phi) is 6.82. The fraction of sp³-hybridized carbons (Fsp3) is 0.391. The molecule has 2 amide bonds. The van der Waals surface area contributed by atoms with Gasteiger partial charge in [-0.15, -0.1) is 0 Å². The largest absolute Gasteiger partial charge is 0.351 e.